The van der Waals surface area contributed by atoms with Crippen molar-refractivity contribution in [3.05, 3.63) is 10.5 Å². The summed E-state index contributed by atoms with van der Waals surface area (Å²) in [6.07, 6.45) is -25.9. The third kappa shape index (κ3) is 6.67. The fourth-order valence-electron chi connectivity index (χ4n) is 1.39. The molecule has 2 aliphatic rings. The topological polar surface area (TPSA) is 69.7 Å². The molecule has 0 aromatic rings. The molecule has 1 unspecified atom stereocenters. The van der Waals surface area contributed by atoms with Gasteiger partial charge in [-0.15, -0.1) is 12.6 Å². The Hall–Kier alpha value is -1.30. The number of hydrogen-bond acceptors (Lipinski definition) is 6. The van der Waals surface area contributed by atoms with Crippen molar-refractivity contribution in [2.75, 3.05) is 13.2 Å². The number of ether oxygens (including phenoxy) is 2. The first kappa shape index (κ1) is 7.14. The Bertz CT molecular complexity index is 1080. The van der Waals surface area contributed by atoms with Crippen molar-refractivity contribution in [2.24, 2.45) is 5.92 Å². The smallest absolute Gasteiger partial charge is 0.334 e. The van der Waals surface area contributed by atoms with Crippen molar-refractivity contribution in [1.29, 1.82) is 0 Å². The van der Waals surface area contributed by atoms with Gasteiger partial charge in [-0.1, -0.05) is 6.37 Å². The monoisotopic (exact) mass is 372 g/mol. The number of carbonyl (C=O) groups is 3. The maximum Gasteiger partial charge on any atom is 0.334 e. The van der Waals surface area contributed by atoms with E-state index in [0.29, 0.717) is 0 Å². The number of rotatable bonds is 4. The van der Waals surface area contributed by atoms with Crippen molar-refractivity contribution in [3.8, 4) is 0 Å². The van der Waals surface area contributed by atoms with Gasteiger partial charge in [0.15, 0.2) is 0 Å². The molecule has 0 radical (unpaired) electrons. The van der Waals surface area contributed by atoms with Gasteiger partial charge in [-0.25, -0.2) is 4.79 Å². The Labute approximate surface area is 172 Å². The molecule has 0 amide bonds. The van der Waals surface area contributed by atoms with Crippen LogP contribution in [0.15, 0.2) is 10.5 Å². The van der Waals surface area contributed by atoms with Gasteiger partial charge in [0.05, 0.1) is 13.2 Å². The number of allylic oxidation sites excluding steroid dienone is 1. The zero-order chi connectivity index (χ0) is 32.3. The summed E-state index contributed by atoms with van der Waals surface area (Å²) in [6, 6.07) is 0. The highest BCUT2D eigenvalue weighted by molar-refractivity contribution is 7.84. The lowest BCUT2D eigenvalue weighted by atomic mass is 9.88. The van der Waals surface area contributed by atoms with Crippen LogP contribution in [0.4, 0.5) is 0 Å². The first-order valence-corrected chi connectivity index (χ1v) is 7.30. The van der Waals surface area contributed by atoms with Gasteiger partial charge < -0.3 is 9.47 Å². The Morgan fingerprint density at radius 1 is 1.08 bits per heavy atom. The summed E-state index contributed by atoms with van der Waals surface area (Å²) in [7, 11) is 0. The van der Waals surface area contributed by atoms with Gasteiger partial charge in [0.25, 0.3) is 0 Å². The Morgan fingerprint density at radius 2 is 1.71 bits per heavy atom. The molecule has 1 fully saturated rings. The normalized spacial score (nSPS) is 47.5. The fraction of sp³-hybridized carbons (Fsp3) is 0.722. The third-order valence-electron chi connectivity index (χ3n) is 2.40. The standard InChI is InChI=1S/C9H14O3.C9H14O2S/c1-2-12-9(11)7-5-3-4-6-8(7)10;1-2-11-9(10)7-5-3-4-6-8(7)12/h7H,2-6H2,1H3;12H,2-6H2,1H3/i2*3D2,4D2,5D2,6D2. The molecule has 6 heteroatoms. The molecule has 0 aliphatic heterocycles. The van der Waals surface area contributed by atoms with Crippen LogP contribution in [0, 0.1) is 5.92 Å². The molecule has 1 atom stereocenters. The lowest BCUT2D eigenvalue weighted by Crippen LogP contribution is -2.28. The van der Waals surface area contributed by atoms with Crippen LogP contribution in [-0.2, 0) is 23.9 Å². The summed E-state index contributed by atoms with van der Waals surface area (Å²) < 4.78 is 130. The minimum atomic E-state index is -3.43. The molecular weight excluding hydrogens is 328 g/mol. The van der Waals surface area contributed by atoms with Crippen molar-refractivity contribution >= 4 is 30.4 Å². The van der Waals surface area contributed by atoms with Crippen LogP contribution in [-0.4, -0.2) is 30.9 Å². The summed E-state index contributed by atoms with van der Waals surface area (Å²) >= 11 is 3.73. The second-order valence-corrected chi connectivity index (χ2v) is 4.46. The van der Waals surface area contributed by atoms with Crippen molar-refractivity contribution in [3.63, 3.8) is 0 Å². The van der Waals surface area contributed by atoms with Gasteiger partial charge in [0, 0.05) is 33.9 Å². The minimum absolute atomic E-state index is 0.113. The van der Waals surface area contributed by atoms with Crippen LogP contribution in [0.3, 0.4) is 0 Å². The summed E-state index contributed by atoms with van der Waals surface area (Å²) in [6.45, 7) is 2.54. The number of thiol groups is 1. The fourth-order valence-corrected chi connectivity index (χ4v) is 1.59. The van der Waals surface area contributed by atoms with Crippen molar-refractivity contribution in [2.45, 2.75) is 64.8 Å². The second-order valence-electron chi connectivity index (χ2n) is 4.01. The van der Waals surface area contributed by atoms with Crippen LogP contribution in [0.1, 0.15) is 86.8 Å². The highest BCUT2D eigenvalue weighted by atomic mass is 32.1. The molecule has 0 heterocycles. The maximum absolute atomic E-state index is 12.0. The lowest BCUT2D eigenvalue weighted by Gasteiger charge is -2.18. The molecule has 136 valence electrons. The largest absolute Gasteiger partial charge is 0.465 e. The van der Waals surface area contributed by atoms with E-state index in [9.17, 15) is 14.4 Å². The van der Waals surface area contributed by atoms with E-state index < -0.39 is 85.1 Å². The number of esters is 2. The van der Waals surface area contributed by atoms with E-state index in [1.807, 2.05) is 0 Å². The van der Waals surface area contributed by atoms with E-state index in [1.54, 1.807) is 0 Å². The summed E-state index contributed by atoms with van der Waals surface area (Å²) in [4.78, 5) is 34.6. The van der Waals surface area contributed by atoms with Gasteiger partial charge in [-0.05, 0) is 57.0 Å². The van der Waals surface area contributed by atoms with Gasteiger partial charge in [0.1, 0.15) is 11.7 Å². The van der Waals surface area contributed by atoms with Crippen LogP contribution >= 0.6 is 12.6 Å². The van der Waals surface area contributed by atoms with E-state index in [0.717, 1.165) is 0 Å². The van der Waals surface area contributed by atoms with E-state index in [1.165, 1.54) is 13.8 Å². The highest BCUT2D eigenvalue weighted by Gasteiger charge is 2.29. The molecule has 0 spiro atoms. The maximum atomic E-state index is 12.0. The summed E-state index contributed by atoms with van der Waals surface area (Å²) in [5.41, 5.74) is -0.923. The van der Waals surface area contributed by atoms with Gasteiger partial charge >= 0.3 is 11.9 Å². The van der Waals surface area contributed by atoms with Crippen LogP contribution < -0.4 is 0 Å². The Balaban J connectivity index is 0.000000400. The SMILES string of the molecule is [2H]C1([2H])C(=O)C(C(=O)OCC)C([2H])([2H])C([2H])([2H])C1([2H])[2H].[2H]C1([2H])C(S)=C(C(=O)OCC)C([2H])([2H])C([2H])([2H])C1([2H])[2H]. The Morgan fingerprint density at radius 3 is 2.38 bits per heavy atom. The quantitative estimate of drug-likeness (QED) is 0.464. The van der Waals surface area contributed by atoms with Crippen LogP contribution in [0.25, 0.3) is 0 Å². The first-order valence-electron chi connectivity index (χ1n) is 14.9. The zero-order valence-electron chi connectivity index (χ0n) is 29.0. The predicted octanol–water partition coefficient (Wildman–Crippen LogP) is 3.62. The molecule has 2 rings (SSSR count). The number of Topliss-reactive ketones (excluding diaryl/α,β-unsaturated/α-hetero) is 1. The minimum Gasteiger partial charge on any atom is -0.465 e. The van der Waals surface area contributed by atoms with Gasteiger partial charge in [-0.3, -0.25) is 9.59 Å². The number of ketones is 1. The average molecular weight is 373 g/mol. The average Bonchev–Trinajstić information content (AvgIpc) is 2.77. The Kier molecular flexibility index (Phi) is 3.36. The first-order chi connectivity index (χ1) is 17.5. The molecule has 5 nitrogen and oxygen atoms in total. The van der Waals surface area contributed by atoms with Crippen LogP contribution in [0.5, 0.6) is 0 Å². The number of carbonyl (C=O) groups excluding carboxylic acids is 3. The van der Waals surface area contributed by atoms with Gasteiger partial charge in [-0.2, -0.15) is 0 Å². The molecule has 1 saturated carbocycles. The van der Waals surface area contributed by atoms with E-state index in [2.05, 4.69) is 22.1 Å². The zero-order valence-corrected chi connectivity index (χ0v) is 13.9. The molecule has 0 aromatic carbocycles. The van der Waals surface area contributed by atoms with Crippen molar-refractivity contribution in [1.82, 2.24) is 0 Å². The lowest BCUT2D eigenvalue weighted by molar-refractivity contribution is -0.152. The highest BCUT2D eigenvalue weighted by Crippen LogP contribution is 2.27. The van der Waals surface area contributed by atoms with Crippen molar-refractivity contribution < 1.29 is 45.8 Å². The van der Waals surface area contributed by atoms with E-state index >= 15 is 0 Å². The second kappa shape index (κ2) is 11.3. The summed E-state index contributed by atoms with van der Waals surface area (Å²) in [5.74, 6) is -6.64. The molecule has 0 N–H and O–H groups in total. The number of hydrogen-bond donors (Lipinski definition) is 1. The van der Waals surface area contributed by atoms with E-state index in [-0.39, 0.29) is 13.2 Å². The summed E-state index contributed by atoms with van der Waals surface area (Å²) in [5, 5.41) is 0. The molecule has 0 bridgehead atoms. The van der Waals surface area contributed by atoms with Gasteiger partial charge in [0.2, 0.25) is 0 Å². The predicted molar refractivity (Wildman–Crippen MR) is 94.7 cm³/mol. The molecule has 2 aliphatic carbocycles. The van der Waals surface area contributed by atoms with E-state index in [4.69, 9.17) is 21.9 Å². The third-order valence-corrected chi connectivity index (χ3v) is 2.73. The van der Waals surface area contributed by atoms with Crippen LogP contribution in [0.2, 0.25) is 0 Å². The molecule has 0 saturated heterocycles. The molecule has 24 heavy (non-hydrogen) atoms. The molecule has 0 aromatic heterocycles. The molecular formula is C18H28O5S.